The Morgan fingerprint density at radius 1 is 1.21 bits per heavy atom. The maximum Gasteiger partial charge on any atom is 0.193 e. The van der Waals surface area contributed by atoms with Crippen LogP contribution in [0.1, 0.15) is 38.7 Å². The summed E-state index contributed by atoms with van der Waals surface area (Å²) in [6.07, 6.45) is 3.78. The van der Waals surface area contributed by atoms with Gasteiger partial charge in [-0.2, -0.15) is 0 Å². The van der Waals surface area contributed by atoms with Gasteiger partial charge in [-0.1, -0.05) is 6.92 Å². The first-order chi connectivity index (χ1) is 13.6. The molecule has 0 amide bonds. The van der Waals surface area contributed by atoms with Gasteiger partial charge >= 0.3 is 0 Å². The standard InChI is InChI=1S/C22H38N4O2/c1-6-23-22(24-13-10-18-11-14-26(7-2)15-12-18)25(3)17-19-8-9-20(27-4)16-21(19)28-5/h8-9,16,18H,6-7,10-15,17H2,1-5H3,(H,23,24). The van der Waals surface area contributed by atoms with Gasteiger partial charge in [0.15, 0.2) is 5.96 Å². The topological polar surface area (TPSA) is 49.3 Å². The molecule has 1 aliphatic heterocycles. The molecule has 6 heteroatoms. The van der Waals surface area contributed by atoms with Crippen molar-refractivity contribution >= 4 is 5.96 Å². The molecule has 1 heterocycles. The summed E-state index contributed by atoms with van der Waals surface area (Å²) in [5.74, 6) is 3.40. The molecular formula is C22H38N4O2. The molecule has 1 N–H and O–H groups in total. The van der Waals surface area contributed by atoms with Crippen LogP contribution >= 0.6 is 0 Å². The number of methoxy groups -OCH3 is 2. The predicted molar refractivity (Wildman–Crippen MR) is 116 cm³/mol. The molecule has 0 atom stereocenters. The zero-order valence-electron chi connectivity index (χ0n) is 18.3. The number of ether oxygens (including phenoxy) is 2. The van der Waals surface area contributed by atoms with E-state index in [-0.39, 0.29) is 0 Å². The number of nitrogens with one attached hydrogen (secondary N) is 1. The smallest absolute Gasteiger partial charge is 0.193 e. The number of hydrogen-bond acceptors (Lipinski definition) is 4. The molecule has 0 spiro atoms. The quantitative estimate of drug-likeness (QED) is 0.518. The minimum Gasteiger partial charge on any atom is -0.497 e. The molecule has 1 aromatic carbocycles. The second-order valence-electron chi connectivity index (χ2n) is 7.44. The van der Waals surface area contributed by atoms with Crippen LogP contribution in [0.2, 0.25) is 0 Å². The molecule has 2 rings (SSSR count). The van der Waals surface area contributed by atoms with E-state index < -0.39 is 0 Å². The van der Waals surface area contributed by atoms with E-state index in [1.54, 1.807) is 14.2 Å². The second kappa shape index (κ2) is 11.8. The van der Waals surface area contributed by atoms with E-state index in [4.69, 9.17) is 14.5 Å². The van der Waals surface area contributed by atoms with Gasteiger partial charge in [0.25, 0.3) is 0 Å². The maximum absolute atomic E-state index is 5.54. The van der Waals surface area contributed by atoms with Gasteiger partial charge in [0, 0.05) is 38.3 Å². The van der Waals surface area contributed by atoms with Gasteiger partial charge in [-0.25, -0.2) is 0 Å². The minimum atomic E-state index is 0.730. The van der Waals surface area contributed by atoms with Crippen molar-refractivity contribution < 1.29 is 9.47 Å². The van der Waals surface area contributed by atoms with Crippen LogP contribution < -0.4 is 14.8 Å². The molecule has 1 fully saturated rings. The fourth-order valence-corrected chi connectivity index (χ4v) is 3.73. The Hall–Kier alpha value is -1.95. The van der Waals surface area contributed by atoms with Crippen molar-refractivity contribution in [2.75, 3.05) is 54.0 Å². The second-order valence-corrected chi connectivity index (χ2v) is 7.44. The summed E-state index contributed by atoms with van der Waals surface area (Å²) in [5.41, 5.74) is 1.11. The third-order valence-electron chi connectivity index (χ3n) is 5.55. The lowest BCUT2D eigenvalue weighted by molar-refractivity contribution is 0.188. The van der Waals surface area contributed by atoms with Gasteiger partial charge in [-0.3, -0.25) is 4.99 Å². The van der Waals surface area contributed by atoms with Crippen molar-refractivity contribution in [2.24, 2.45) is 10.9 Å². The largest absolute Gasteiger partial charge is 0.497 e. The third-order valence-corrected chi connectivity index (χ3v) is 5.55. The fraction of sp³-hybridized carbons (Fsp3) is 0.682. The molecule has 0 unspecified atom stereocenters. The summed E-state index contributed by atoms with van der Waals surface area (Å²) in [7, 11) is 5.44. The van der Waals surface area contributed by atoms with Crippen LogP contribution in [0.3, 0.4) is 0 Å². The molecule has 0 bridgehead atoms. The van der Waals surface area contributed by atoms with Crippen molar-refractivity contribution in [1.82, 2.24) is 15.1 Å². The summed E-state index contributed by atoms with van der Waals surface area (Å²) < 4.78 is 10.8. The monoisotopic (exact) mass is 390 g/mol. The van der Waals surface area contributed by atoms with Gasteiger partial charge in [0.05, 0.1) is 14.2 Å². The zero-order valence-corrected chi connectivity index (χ0v) is 18.3. The van der Waals surface area contributed by atoms with E-state index in [0.717, 1.165) is 48.6 Å². The number of guanidine groups is 1. The maximum atomic E-state index is 5.54. The van der Waals surface area contributed by atoms with E-state index in [2.05, 4.69) is 42.1 Å². The molecule has 0 aromatic heterocycles. The van der Waals surface area contributed by atoms with E-state index in [9.17, 15) is 0 Å². The van der Waals surface area contributed by atoms with Gasteiger partial charge in [0.2, 0.25) is 0 Å². The summed E-state index contributed by atoms with van der Waals surface area (Å²) >= 11 is 0. The molecular weight excluding hydrogens is 352 g/mol. The van der Waals surface area contributed by atoms with E-state index in [1.807, 2.05) is 12.1 Å². The van der Waals surface area contributed by atoms with Crippen molar-refractivity contribution in [1.29, 1.82) is 0 Å². The highest BCUT2D eigenvalue weighted by Crippen LogP contribution is 2.25. The highest BCUT2D eigenvalue weighted by atomic mass is 16.5. The lowest BCUT2D eigenvalue weighted by Crippen LogP contribution is -2.38. The van der Waals surface area contributed by atoms with Gasteiger partial charge < -0.3 is 24.6 Å². The Morgan fingerprint density at radius 3 is 2.57 bits per heavy atom. The molecule has 1 aromatic rings. The first-order valence-electron chi connectivity index (χ1n) is 10.5. The molecule has 6 nitrogen and oxygen atoms in total. The number of likely N-dealkylation sites (tertiary alicyclic amines) is 1. The first-order valence-corrected chi connectivity index (χ1v) is 10.5. The van der Waals surface area contributed by atoms with Gasteiger partial charge in [-0.05, 0) is 63.9 Å². The number of aliphatic imine (C=N–C) groups is 1. The summed E-state index contributed by atoms with van der Waals surface area (Å²) in [6.45, 7) is 10.5. The van der Waals surface area contributed by atoms with Crippen molar-refractivity contribution in [3.63, 3.8) is 0 Å². The van der Waals surface area contributed by atoms with Crippen LogP contribution in [0.15, 0.2) is 23.2 Å². The third kappa shape index (κ3) is 6.59. The normalized spacial score (nSPS) is 16.1. The average molecular weight is 391 g/mol. The molecule has 28 heavy (non-hydrogen) atoms. The minimum absolute atomic E-state index is 0.730. The highest BCUT2D eigenvalue weighted by molar-refractivity contribution is 5.79. The summed E-state index contributed by atoms with van der Waals surface area (Å²) in [4.78, 5) is 9.59. The number of rotatable bonds is 9. The molecule has 0 radical (unpaired) electrons. The van der Waals surface area contributed by atoms with Crippen LogP contribution in [-0.2, 0) is 6.54 Å². The van der Waals surface area contributed by atoms with Gasteiger partial charge in [0.1, 0.15) is 11.5 Å². The SMILES string of the molecule is CCNC(=NCCC1CCN(CC)CC1)N(C)Cc1ccc(OC)cc1OC. The van der Waals surface area contributed by atoms with Crippen LogP contribution in [0, 0.1) is 5.92 Å². The van der Waals surface area contributed by atoms with Crippen LogP contribution in [0.5, 0.6) is 11.5 Å². The highest BCUT2D eigenvalue weighted by Gasteiger charge is 2.18. The molecule has 1 saturated heterocycles. The van der Waals surface area contributed by atoms with Crippen molar-refractivity contribution in [3.05, 3.63) is 23.8 Å². The lowest BCUT2D eigenvalue weighted by Gasteiger charge is -2.30. The number of benzene rings is 1. The molecule has 1 aliphatic rings. The Balaban J connectivity index is 1.93. The van der Waals surface area contributed by atoms with Crippen LogP contribution in [0.25, 0.3) is 0 Å². The molecule has 158 valence electrons. The Bertz CT molecular complexity index is 613. The molecule has 0 aliphatic carbocycles. The predicted octanol–water partition coefficient (Wildman–Crippen LogP) is 3.22. The molecule has 0 saturated carbocycles. The average Bonchev–Trinajstić information content (AvgIpc) is 2.73. The zero-order chi connectivity index (χ0) is 20.4. The number of piperidine rings is 1. The Morgan fingerprint density at radius 2 is 1.96 bits per heavy atom. The first kappa shape index (κ1) is 22.3. The number of nitrogens with zero attached hydrogens (tertiary/aromatic N) is 3. The van der Waals surface area contributed by atoms with E-state index in [0.29, 0.717) is 0 Å². The van der Waals surface area contributed by atoms with E-state index in [1.165, 1.54) is 38.9 Å². The van der Waals surface area contributed by atoms with E-state index >= 15 is 0 Å². The van der Waals surface area contributed by atoms with Crippen molar-refractivity contribution in [3.8, 4) is 11.5 Å². The van der Waals surface area contributed by atoms with Gasteiger partial charge in [-0.15, -0.1) is 0 Å². The Kier molecular flexibility index (Phi) is 9.41. The van der Waals surface area contributed by atoms with Crippen LogP contribution in [0.4, 0.5) is 0 Å². The lowest BCUT2D eigenvalue weighted by atomic mass is 9.94. The summed E-state index contributed by atoms with van der Waals surface area (Å²) in [5, 5.41) is 3.42. The Labute approximate surface area is 170 Å². The van der Waals surface area contributed by atoms with Crippen molar-refractivity contribution in [2.45, 2.75) is 39.7 Å². The summed E-state index contributed by atoms with van der Waals surface area (Å²) in [6, 6.07) is 5.95. The number of hydrogen-bond donors (Lipinski definition) is 1. The van der Waals surface area contributed by atoms with Crippen LogP contribution in [-0.4, -0.2) is 69.8 Å². The fourth-order valence-electron chi connectivity index (χ4n) is 3.73.